The fraction of sp³-hybridized carbons (Fsp3) is 0.500. The van der Waals surface area contributed by atoms with Gasteiger partial charge >= 0.3 is 0 Å². The van der Waals surface area contributed by atoms with Gasteiger partial charge in [-0.15, -0.1) is 10.2 Å². The molecule has 0 unspecified atom stereocenters. The molecule has 2 rings (SSSR count). The Hall–Kier alpha value is -1.54. The first-order valence-corrected chi connectivity index (χ1v) is 5.52. The van der Waals surface area contributed by atoms with Gasteiger partial charge in [0.25, 0.3) is 0 Å². The van der Waals surface area contributed by atoms with Crippen molar-refractivity contribution in [2.75, 3.05) is 7.11 Å². The largest absolute Gasteiger partial charge is 0.277 e. The van der Waals surface area contributed by atoms with Crippen molar-refractivity contribution in [3.63, 3.8) is 0 Å². The molecule has 0 aliphatic rings. The summed E-state index contributed by atoms with van der Waals surface area (Å²) >= 11 is 1.44. The van der Waals surface area contributed by atoms with Crippen molar-refractivity contribution >= 4 is 22.2 Å². The Kier molecular flexibility index (Phi) is 3.11. The predicted molar refractivity (Wildman–Crippen MR) is 56.9 cm³/mol. The number of hydrogen-bond acceptors (Lipinski definition) is 6. The second-order valence-corrected chi connectivity index (χ2v) is 4.21. The predicted octanol–water partition coefficient (Wildman–Crippen LogP) is 0.104. The van der Waals surface area contributed by atoms with Crippen molar-refractivity contribution in [3.8, 4) is 0 Å². The van der Waals surface area contributed by atoms with Gasteiger partial charge in [0, 0.05) is 12.8 Å². The Balaban J connectivity index is 2.02. The molecule has 0 atom stereocenters. The van der Waals surface area contributed by atoms with Crippen molar-refractivity contribution in [2.45, 2.75) is 19.8 Å². The molecule has 0 aromatic carbocycles. The Bertz CT molecular complexity index is 505. The van der Waals surface area contributed by atoms with Crippen molar-refractivity contribution < 1.29 is 9.63 Å². The molecule has 8 heteroatoms. The van der Waals surface area contributed by atoms with Gasteiger partial charge in [0.15, 0.2) is 5.82 Å². The zero-order chi connectivity index (χ0) is 11.5. The van der Waals surface area contributed by atoms with Crippen LogP contribution in [0.1, 0.15) is 17.3 Å². The molecule has 0 saturated heterocycles. The molecular formula is C8H11N5O2S. The van der Waals surface area contributed by atoms with Gasteiger partial charge in [-0.1, -0.05) is 11.3 Å². The van der Waals surface area contributed by atoms with Gasteiger partial charge in [-0.25, -0.2) is 5.48 Å². The van der Waals surface area contributed by atoms with E-state index in [1.54, 1.807) is 4.52 Å². The highest BCUT2D eigenvalue weighted by molar-refractivity contribution is 7.16. The van der Waals surface area contributed by atoms with E-state index in [-0.39, 0.29) is 5.91 Å². The van der Waals surface area contributed by atoms with E-state index in [4.69, 9.17) is 0 Å². The molecule has 2 aromatic heterocycles. The van der Waals surface area contributed by atoms with Crippen LogP contribution in [0.4, 0.5) is 0 Å². The highest BCUT2D eigenvalue weighted by Gasteiger charge is 2.09. The Morgan fingerprint density at radius 3 is 3.06 bits per heavy atom. The molecule has 0 saturated carbocycles. The van der Waals surface area contributed by atoms with Gasteiger partial charge in [-0.05, 0) is 6.92 Å². The first-order valence-electron chi connectivity index (χ1n) is 4.70. The maximum Gasteiger partial charge on any atom is 0.243 e. The van der Waals surface area contributed by atoms with E-state index in [0.717, 1.165) is 15.8 Å². The fourth-order valence-corrected chi connectivity index (χ4v) is 2.12. The first kappa shape index (κ1) is 11.0. The number of hydroxylamine groups is 1. The lowest BCUT2D eigenvalue weighted by atomic mass is 10.3. The van der Waals surface area contributed by atoms with E-state index < -0.39 is 0 Å². The van der Waals surface area contributed by atoms with Crippen LogP contribution in [0.2, 0.25) is 0 Å². The summed E-state index contributed by atoms with van der Waals surface area (Å²) in [6, 6.07) is 0. The number of aryl methyl sites for hydroxylation is 2. The summed E-state index contributed by atoms with van der Waals surface area (Å²) in [4.78, 5) is 16.4. The SMILES string of the molecule is CONC(=O)CCc1nn2c(C)nnc2s1. The molecule has 16 heavy (non-hydrogen) atoms. The third kappa shape index (κ3) is 2.17. The molecular weight excluding hydrogens is 230 g/mol. The first-order chi connectivity index (χ1) is 7.70. The summed E-state index contributed by atoms with van der Waals surface area (Å²) in [6.45, 7) is 1.83. The van der Waals surface area contributed by atoms with E-state index >= 15 is 0 Å². The van der Waals surface area contributed by atoms with Gasteiger partial charge in [-0.3, -0.25) is 9.63 Å². The fourth-order valence-electron chi connectivity index (χ4n) is 1.24. The van der Waals surface area contributed by atoms with Crippen LogP contribution >= 0.6 is 11.3 Å². The number of carbonyl (C=O) groups is 1. The average Bonchev–Trinajstić information content (AvgIpc) is 2.79. The number of hydrogen-bond donors (Lipinski definition) is 1. The summed E-state index contributed by atoms with van der Waals surface area (Å²) in [6.07, 6.45) is 0.916. The van der Waals surface area contributed by atoms with E-state index in [1.807, 2.05) is 6.92 Å². The third-order valence-electron chi connectivity index (χ3n) is 1.97. The summed E-state index contributed by atoms with van der Waals surface area (Å²) in [5.74, 6) is 0.587. The van der Waals surface area contributed by atoms with E-state index in [9.17, 15) is 4.79 Å². The van der Waals surface area contributed by atoms with Crippen LogP contribution in [0.15, 0.2) is 0 Å². The van der Waals surface area contributed by atoms with Gasteiger partial charge in [-0.2, -0.15) is 9.61 Å². The van der Waals surface area contributed by atoms with Crippen molar-refractivity contribution in [1.82, 2.24) is 25.3 Å². The number of rotatable bonds is 4. The van der Waals surface area contributed by atoms with Gasteiger partial charge in [0.2, 0.25) is 10.9 Å². The lowest BCUT2D eigenvalue weighted by Gasteiger charge is -1.98. The van der Waals surface area contributed by atoms with Gasteiger partial charge < -0.3 is 0 Å². The Morgan fingerprint density at radius 1 is 1.56 bits per heavy atom. The van der Waals surface area contributed by atoms with Crippen LogP contribution in [-0.2, 0) is 16.1 Å². The molecule has 0 aliphatic carbocycles. The number of fused-ring (bicyclic) bond motifs is 1. The highest BCUT2D eigenvalue weighted by Crippen LogP contribution is 2.14. The molecule has 0 bridgehead atoms. The minimum atomic E-state index is -0.162. The molecule has 0 fully saturated rings. The van der Waals surface area contributed by atoms with Gasteiger partial charge in [0.05, 0.1) is 7.11 Å². The average molecular weight is 241 g/mol. The maximum absolute atomic E-state index is 11.1. The normalized spacial score (nSPS) is 10.9. The Labute approximate surface area is 95.4 Å². The smallest absolute Gasteiger partial charge is 0.243 e. The molecule has 2 aromatic rings. The standard InChI is InChI=1S/C8H11N5O2S/c1-5-9-10-8-13(5)11-7(16-8)4-3-6(14)12-15-2/h3-4H2,1-2H3,(H,12,14). The maximum atomic E-state index is 11.1. The van der Waals surface area contributed by atoms with E-state index in [0.29, 0.717) is 12.8 Å². The summed E-state index contributed by atoms with van der Waals surface area (Å²) in [5, 5.41) is 13.0. The molecule has 2 heterocycles. The van der Waals surface area contributed by atoms with Crippen LogP contribution in [0.3, 0.4) is 0 Å². The second-order valence-electron chi connectivity index (χ2n) is 3.17. The molecule has 86 valence electrons. The molecule has 0 aliphatic heterocycles. The van der Waals surface area contributed by atoms with Crippen LogP contribution in [0.25, 0.3) is 4.96 Å². The topological polar surface area (TPSA) is 81.4 Å². The van der Waals surface area contributed by atoms with Crippen LogP contribution in [-0.4, -0.2) is 32.8 Å². The number of amides is 1. The molecule has 7 nitrogen and oxygen atoms in total. The lowest BCUT2D eigenvalue weighted by molar-refractivity contribution is -0.131. The minimum Gasteiger partial charge on any atom is -0.277 e. The molecule has 0 spiro atoms. The van der Waals surface area contributed by atoms with Gasteiger partial charge in [0.1, 0.15) is 5.01 Å². The summed E-state index contributed by atoms with van der Waals surface area (Å²) in [7, 11) is 1.41. The van der Waals surface area contributed by atoms with Crippen molar-refractivity contribution in [3.05, 3.63) is 10.8 Å². The van der Waals surface area contributed by atoms with Crippen molar-refractivity contribution in [2.24, 2.45) is 0 Å². The monoisotopic (exact) mass is 241 g/mol. The zero-order valence-corrected chi connectivity index (χ0v) is 9.74. The number of carbonyl (C=O) groups excluding carboxylic acids is 1. The summed E-state index contributed by atoms with van der Waals surface area (Å²) in [5.41, 5.74) is 2.26. The second kappa shape index (κ2) is 4.54. The highest BCUT2D eigenvalue weighted by atomic mass is 32.1. The van der Waals surface area contributed by atoms with Crippen LogP contribution < -0.4 is 5.48 Å². The number of aromatic nitrogens is 4. The Morgan fingerprint density at radius 2 is 2.38 bits per heavy atom. The molecule has 0 radical (unpaired) electrons. The van der Waals surface area contributed by atoms with E-state index in [1.165, 1.54) is 18.4 Å². The quantitative estimate of drug-likeness (QED) is 0.768. The van der Waals surface area contributed by atoms with Crippen LogP contribution in [0, 0.1) is 6.92 Å². The van der Waals surface area contributed by atoms with Crippen LogP contribution in [0.5, 0.6) is 0 Å². The van der Waals surface area contributed by atoms with Crippen molar-refractivity contribution in [1.29, 1.82) is 0 Å². The number of nitrogens with zero attached hydrogens (tertiary/aromatic N) is 4. The van der Waals surface area contributed by atoms with E-state index in [2.05, 4.69) is 25.6 Å². The molecule has 1 amide bonds. The third-order valence-corrected chi connectivity index (χ3v) is 2.93. The summed E-state index contributed by atoms with van der Waals surface area (Å²) < 4.78 is 1.67. The lowest BCUT2D eigenvalue weighted by Crippen LogP contribution is -2.21. The molecule has 1 N–H and O–H groups in total. The minimum absolute atomic E-state index is 0.162. The zero-order valence-electron chi connectivity index (χ0n) is 8.93. The number of nitrogens with one attached hydrogen (secondary N) is 1.